The quantitative estimate of drug-likeness (QED) is 0.359. The Morgan fingerprint density at radius 2 is 1.64 bits per heavy atom. The van der Waals surface area contributed by atoms with Crippen LogP contribution in [-0.2, 0) is 26.2 Å². The molecule has 8 nitrogen and oxygen atoms in total. The molecule has 1 N–H and O–H groups in total. The molecule has 0 saturated carbocycles. The summed E-state index contributed by atoms with van der Waals surface area (Å²) >= 11 is 6.36. The van der Waals surface area contributed by atoms with Crippen LogP contribution in [0, 0.1) is 13.8 Å². The summed E-state index contributed by atoms with van der Waals surface area (Å²) in [5, 5.41) is 2.99. The second-order valence-corrected chi connectivity index (χ2v) is 11.4. The molecule has 3 rings (SSSR count). The number of aryl methyl sites for hydroxylation is 1. The topological polar surface area (TPSA) is 96.0 Å². The summed E-state index contributed by atoms with van der Waals surface area (Å²) in [6.45, 7) is 4.94. The second kappa shape index (κ2) is 13.0. The van der Waals surface area contributed by atoms with Crippen LogP contribution in [0.1, 0.15) is 30.0 Å². The SMILES string of the molecule is CCC(C(=O)NC)N(Cc1ccc(OC)cc1)C(=O)CN(c1cccc(Cl)c1C)S(=O)(=O)c1ccc(C)cc1. The molecule has 39 heavy (non-hydrogen) atoms. The van der Waals surface area contributed by atoms with Crippen LogP contribution in [0.4, 0.5) is 5.69 Å². The highest BCUT2D eigenvalue weighted by Crippen LogP contribution is 2.31. The van der Waals surface area contributed by atoms with E-state index in [4.69, 9.17) is 16.3 Å². The van der Waals surface area contributed by atoms with Crippen LogP contribution in [0.15, 0.2) is 71.6 Å². The third-order valence-corrected chi connectivity index (χ3v) is 8.72. The lowest BCUT2D eigenvalue weighted by molar-refractivity contribution is -0.140. The van der Waals surface area contributed by atoms with Gasteiger partial charge in [-0.2, -0.15) is 0 Å². The van der Waals surface area contributed by atoms with Gasteiger partial charge >= 0.3 is 0 Å². The number of benzene rings is 3. The van der Waals surface area contributed by atoms with Gasteiger partial charge < -0.3 is 15.0 Å². The Kier molecular flexibility index (Phi) is 9.99. The lowest BCUT2D eigenvalue weighted by Crippen LogP contribution is -2.51. The lowest BCUT2D eigenvalue weighted by atomic mass is 10.1. The molecule has 10 heteroatoms. The molecule has 0 spiro atoms. The van der Waals surface area contributed by atoms with Crippen molar-refractivity contribution in [3.8, 4) is 5.75 Å². The van der Waals surface area contributed by atoms with Crippen molar-refractivity contribution < 1.29 is 22.7 Å². The Labute approximate surface area is 235 Å². The summed E-state index contributed by atoms with van der Waals surface area (Å²) < 4.78 is 34.2. The van der Waals surface area contributed by atoms with Crippen LogP contribution in [0.2, 0.25) is 5.02 Å². The van der Waals surface area contributed by atoms with E-state index in [0.717, 1.165) is 15.4 Å². The van der Waals surface area contributed by atoms with Gasteiger partial charge in [0.05, 0.1) is 17.7 Å². The van der Waals surface area contributed by atoms with Crippen molar-refractivity contribution in [3.63, 3.8) is 0 Å². The first-order chi connectivity index (χ1) is 18.5. The molecule has 1 atom stereocenters. The standard InChI is InChI=1S/C29H34ClN3O5S/c1-6-26(29(35)31-4)32(18-22-12-14-23(38-5)15-13-22)28(34)19-33(27-9-7-8-25(30)21(27)3)39(36,37)24-16-10-20(2)11-17-24/h7-17,26H,6,18-19H2,1-5H3,(H,31,35). The van der Waals surface area contributed by atoms with E-state index in [0.29, 0.717) is 22.8 Å². The normalized spacial score (nSPS) is 11.9. The van der Waals surface area contributed by atoms with Gasteiger partial charge in [0.2, 0.25) is 11.8 Å². The van der Waals surface area contributed by atoms with Gasteiger partial charge in [-0.3, -0.25) is 13.9 Å². The maximum Gasteiger partial charge on any atom is 0.264 e. The van der Waals surface area contributed by atoms with Crippen molar-refractivity contribution >= 4 is 39.1 Å². The molecule has 0 aliphatic heterocycles. The fourth-order valence-corrected chi connectivity index (χ4v) is 5.87. The first kappa shape index (κ1) is 30.0. The van der Waals surface area contributed by atoms with Crippen molar-refractivity contribution in [3.05, 3.63) is 88.4 Å². The van der Waals surface area contributed by atoms with E-state index in [9.17, 15) is 18.0 Å². The lowest BCUT2D eigenvalue weighted by Gasteiger charge is -2.33. The van der Waals surface area contributed by atoms with E-state index in [1.807, 2.05) is 6.92 Å². The van der Waals surface area contributed by atoms with Gasteiger partial charge in [0.25, 0.3) is 10.0 Å². The molecule has 2 amide bonds. The highest BCUT2D eigenvalue weighted by molar-refractivity contribution is 7.92. The third-order valence-electron chi connectivity index (χ3n) is 6.54. The fourth-order valence-electron chi connectivity index (χ4n) is 4.23. The molecule has 0 heterocycles. The molecule has 0 aliphatic carbocycles. The van der Waals surface area contributed by atoms with Crippen LogP contribution < -0.4 is 14.4 Å². The minimum atomic E-state index is -4.17. The Balaban J connectivity index is 2.09. The predicted octanol–water partition coefficient (Wildman–Crippen LogP) is 4.71. The smallest absolute Gasteiger partial charge is 0.264 e. The van der Waals surface area contributed by atoms with E-state index < -0.39 is 28.5 Å². The number of sulfonamides is 1. The van der Waals surface area contributed by atoms with Crippen LogP contribution >= 0.6 is 11.6 Å². The van der Waals surface area contributed by atoms with Gasteiger partial charge in [-0.05, 0) is 67.8 Å². The number of rotatable bonds is 11. The second-order valence-electron chi connectivity index (χ2n) is 9.12. The van der Waals surface area contributed by atoms with Crippen molar-refractivity contribution in [2.24, 2.45) is 0 Å². The number of methoxy groups -OCH3 is 1. The van der Waals surface area contributed by atoms with E-state index in [-0.39, 0.29) is 23.0 Å². The van der Waals surface area contributed by atoms with Crippen molar-refractivity contribution in [1.82, 2.24) is 10.2 Å². The van der Waals surface area contributed by atoms with E-state index in [1.54, 1.807) is 75.6 Å². The molecule has 0 fully saturated rings. The zero-order chi connectivity index (χ0) is 28.7. The monoisotopic (exact) mass is 571 g/mol. The number of carbonyl (C=O) groups excluding carboxylic acids is 2. The Morgan fingerprint density at radius 3 is 2.21 bits per heavy atom. The van der Waals surface area contributed by atoms with Gasteiger partial charge in [-0.15, -0.1) is 0 Å². The Morgan fingerprint density at radius 1 is 1.00 bits per heavy atom. The average molecular weight is 572 g/mol. The van der Waals surface area contributed by atoms with Gasteiger partial charge in [-0.25, -0.2) is 8.42 Å². The summed E-state index contributed by atoms with van der Waals surface area (Å²) in [4.78, 5) is 28.3. The van der Waals surface area contributed by atoms with Crippen molar-refractivity contribution in [2.75, 3.05) is 25.0 Å². The maximum absolute atomic E-state index is 14.0. The number of hydrogen-bond acceptors (Lipinski definition) is 5. The number of nitrogens with zero attached hydrogens (tertiary/aromatic N) is 2. The number of carbonyl (C=O) groups is 2. The molecule has 3 aromatic carbocycles. The highest BCUT2D eigenvalue weighted by atomic mass is 35.5. The van der Waals surface area contributed by atoms with Crippen LogP contribution in [0.5, 0.6) is 5.75 Å². The fraction of sp³-hybridized carbons (Fsp3) is 0.310. The largest absolute Gasteiger partial charge is 0.497 e. The van der Waals surface area contributed by atoms with Gasteiger partial charge in [0.15, 0.2) is 0 Å². The summed E-state index contributed by atoms with van der Waals surface area (Å²) in [5.41, 5.74) is 2.47. The molecule has 0 bridgehead atoms. The molecule has 0 radical (unpaired) electrons. The zero-order valence-corrected chi connectivity index (χ0v) is 24.3. The van der Waals surface area contributed by atoms with Gasteiger partial charge in [0, 0.05) is 18.6 Å². The van der Waals surface area contributed by atoms with Crippen LogP contribution in [0.25, 0.3) is 0 Å². The first-order valence-corrected chi connectivity index (χ1v) is 14.3. The summed E-state index contributed by atoms with van der Waals surface area (Å²) in [5.74, 6) is -0.218. The van der Waals surface area contributed by atoms with Crippen molar-refractivity contribution in [2.45, 2.75) is 44.7 Å². The number of ether oxygens (including phenoxy) is 1. The van der Waals surface area contributed by atoms with E-state index in [2.05, 4.69) is 5.32 Å². The minimum absolute atomic E-state index is 0.0420. The van der Waals surface area contributed by atoms with Crippen LogP contribution in [-0.4, -0.2) is 51.9 Å². The summed E-state index contributed by atoms with van der Waals surface area (Å²) in [6.07, 6.45) is 0.336. The molecule has 3 aromatic rings. The molecule has 0 aliphatic rings. The van der Waals surface area contributed by atoms with Crippen LogP contribution in [0.3, 0.4) is 0 Å². The third kappa shape index (κ3) is 6.91. The molecule has 0 aromatic heterocycles. The molecular formula is C29H34ClN3O5S. The number of hydrogen-bond donors (Lipinski definition) is 1. The number of halogens is 1. The Bertz CT molecular complexity index is 1410. The maximum atomic E-state index is 14.0. The van der Waals surface area contributed by atoms with Crippen molar-refractivity contribution in [1.29, 1.82) is 0 Å². The van der Waals surface area contributed by atoms with E-state index >= 15 is 0 Å². The van der Waals surface area contributed by atoms with Gasteiger partial charge in [0.1, 0.15) is 18.3 Å². The predicted molar refractivity (Wildman–Crippen MR) is 154 cm³/mol. The number of anilines is 1. The molecule has 1 unspecified atom stereocenters. The average Bonchev–Trinajstić information content (AvgIpc) is 2.93. The Hall–Kier alpha value is -3.56. The summed E-state index contributed by atoms with van der Waals surface area (Å²) in [6, 6.07) is 17.7. The zero-order valence-electron chi connectivity index (χ0n) is 22.8. The summed E-state index contributed by atoms with van der Waals surface area (Å²) in [7, 11) is -1.10. The van der Waals surface area contributed by atoms with Gasteiger partial charge in [-0.1, -0.05) is 54.4 Å². The number of nitrogens with one attached hydrogen (secondary N) is 1. The number of likely N-dealkylation sites (N-methyl/N-ethyl adjacent to an activating group) is 1. The number of amides is 2. The minimum Gasteiger partial charge on any atom is -0.497 e. The molecular weight excluding hydrogens is 538 g/mol. The first-order valence-electron chi connectivity index (χ1n) is 12.5. The van der Waals surface area contributed by atoms with E-state index in [1.165, 1.54) is 24.1 Å². The molecule has 0 saturated heterocycles. The molecule has 208 valence electrons. The highest BCUT2D eigenvalue weighted by Gasteiger charge is 2.34.